The van der Waals surface area contributed by atoms with Crippen molar-refractivity contribution in [2.45, 2.75) is 26.1 Å². The smallest absolute Gasteiger partial charge is 0.228 e. The molecule has 0 saturated carbocycles. The fraction of sp³-hybridized carbons (Fsp3) is 0.217. The number of aromatic nitrogens is 6. The summed E-state index contributed by atoms with van der Waals surface area (Å²) in [6, 6.07) is 7.68. The summed E-state index contributed by atoms with van der Waals surface area (Å²) in [7, 11) is 1.83. The fourth-order valence-corrected chi connectivity index (χ4v) is 3.95. The Morgan fingerprint density at radius 3 is 2.70 bits per heavy atom. The van der Waals surface area contributed by atoms with Crippen LogP contribution in [0.15, 0.2) is 55.5 Å². The van der Waals surface area contributed by atoms with Crippen molar-refractivity contribution in [1.82, 2.24) is 34.2 Å². The van der Waals surface area contributed by atoms with Gasteiger partial charge in [-0.1, -0.05) is 12.6 Å². The lowest BCUT2D eigenvalue weighted by molar-refractivity contribution is 0.253. The Kier molecular flexibility index (Phi) is 5.12. The first-order valence-electron chi connectivity index (χ1n) is 10.4. The van der Waals surface area contributed by atoms with Gasteiger partial charge in [0.05, 0.1) is 17.6 Å². The Labute approximate surface area is 189 Å². The van der Waals surface area contributed by atoms with Crippen LogP contribution >= 0.6 is 0 Å². The van der Waals surface area contributed by atoms with Crippen molar-refractivity contribution in [3.63, 3.8) is 0 Å². The second-order valence-electron chi connectivity index (χ2n) is 8.00. The topological polar surface area (TPSA) is 76.7 Å². The summed E-state index contributed by atoms with van der Waals surface area (Å²) in [6.07, 6.45) is 5.31. The molecular formula is C23H22F2N8. The van der Waals surface area contributed by atoms with E-state index in [0.29, 0.717) is 47.5 Å². The molecule has 168 valence electrons. The largest absolute Gasteiger partial charge is 0.360 e. The van der Waals surface area contributed by atoms with E-state index in [0.717, 1.165) is 11.9 Å². The molecule has 0 unspecified atom stereocenters. The minimum absolute atomic E-state index is 0.0904. The van der Waals surface area contributed by atoms with Crippen LogP contribution in [0.1, 0.15) is 18.3 Å². The maximum atomic E-state index is 13.7. The first-order chi connectivity index (χ1) is 15.9. The van der Waals surface area contributed by atoms with Crippen molar-refractivity contribution in [3.05, 3.63) is 78.5 Å². The SMILES string of the molecule is C=C1c2nc(-c3ccnc(Nc4ccnn4C)n3)cn2C[C@H](C)N1Cc1ccc(F)c(F)c1. The molecule has 1 aliphatic rings. The zero-order valence-electron chi connectivity index (χ0n) is 18.2. The number of hydrogen-bond donors (Lipinski definition) is 1. The van der Waals surface area contributed by atoms with Crippen LogP contribution in [0.25, 0.3) is 17.1 Å². The average Bonchev–Trinajstić information content (AvgIpc) is 3.40. The molecule has 0 aliphatic carbocycles. The molecule has 3 aromatic heterocycles. The Bertz CT molecular complexity index is 1340. The molecule has 10 heteroatoms. The highest BCUT2D eigenvalue weighted by Gasteiger charge is 2.28. The van der Waals surface area contributed by atoms with E-state index in [1.807, 2.05) is 28.8 Å². The number of nitrogens with one attached hydrogen (secondary N) is 1. The molecule has 0 bridgehead atoms. The minimum atomic E-state index is -0.856. The summed E-state index contributed by atoms with van der Waals surface area (Å²) in [5.74, 6) is 0.212. The molecule has 1 atom stereocenters. The van der Waals surface area contributed by atoms with E-state index in [1.54, 1.807) is 29.2 Å². The van der Waals surface area contributed by atoms with Gasteiger partial charge in [-0.2, -0.15) is 5.10 Å². The Morgan fingerprint density at radius 2 is 1.94 bits per heavy atom. The standard InChI is InChI=1S/C23H22F2N8/c1-14-11-32-13-20(19-6-8-26-23(29-19)30-21-7-9-27-31(21)3)28-22(32)15(2)33(14)12-16-4-5-17(24)18(25)10-16/h4-10,13-14H,2,11-12H2,1,3H3,(H,26,29,30)/t14-/m0/s1. The highest BCUT2D eigenvalue weighted by atomic mass is 19.2. The van der Waals surface area contributed by atoms with Crippen LogP contribution in [0.2, 0.25) is 0 Å². The molecule has 0 spiro atoms. The van der Waals surface area contributed by atoms with Gasteiger partial charge >= 0.3 is 0 Å². The van der Waals surface area contributed by atoms with Crippen molar-refractivity contribution in [1.29, 1.82) is 0 Å². The lowest BCUT2D eigenvalue weighted by atomic mass is 10.1. The maximum absolute atomic E-state index is 13.7. The van der Waals surface area contributed by atoms with Crippen LogP contribution in [0.3, 0.4) is 0 Å². The van der Waals surface area contributed by atoms with Gasteiger partial charge in [0.1, 0.15) is 11.5 Å². The van der Waals surface area contributed by atoms with Crippen molar-refractivity contribution in [3.8, 4) is 11.4 Å². The molecule has 8 nitrogen and oxygen atoms in total. The summed E-state index contributed by atoms with van der Waals surface area (Å²) in [5.41, 5.74) is 2.75. The van der Waals surface area contributed by atoms with E-state index in [1.165, 1.54) is 6.07 Å². The van der Waals surface area contributed by atoms with Crippen LogP contribution < -0.4 is 5.32 Å². The molecular weight excluding hydrogens is 426 g/mol. The average molecular weight is 448 g/mol. The zero-order chi connectivity index (χ0) is 23.1. The van der Waals surface area contributed by atoms with E-state index < -0.39 is 11.6 Å². The van der Waals surface area contributed by atoms with Gasteiger partial charge in [0, 0.05) is 44.6 Å². The molecule has 5 rings (SSSR count). The third-order valence-corrected chi connectivity index (χ3v) is 5.69. The summed E-state index contributed by atoms with van der Waals surface area (Å²) in [5, 5.41) is 7.27. The first-order valence-corrected chi connectivity index (χ1v) is 10.4. The van der Waals surface area contributed by atoms with Gasteiger partial charge in [0.15, 0.2) is 17.5 Å². The molecule has 1 aliphatic heterocycles. The number of nitrogens with zero attached hydrogens (tertiary/aromatic N) is 7. The second kappa shape index (κ2) is 8.12. The maximum Gasteiger partial charge on any atom is 0.228 e. The molecule has 33 heavy (non-hydrogen) atoms. The predicted molar refractivity (Wildman–Crippen MR) is 120 cm³/mol. The molecule has 1 N–H and O–H groups in total. The molecule has 1 aromatic carbocycles. The number of anilines is 2. The van der Waals surface area contributed by atoms with E-state index in [9.17, 15) is 8.78 Å². The monoisotopic (exact) mass is 448 g/mol. The van der Waals surface area contributed by atoms with Crippen LogP contribution in [0.4, 0.5) is 20.5 Å². The third kappa shape index (κ3) is 3.95. The molecule has 4 aromatic rings. The van der Waals surface area contributed by atoms with Gasteiger partial charge in [-0.25, -0.2) is 23.7 Å². The highest BCUT2D eigenvalue weighted by Crippen LogP contribution is 2.31. The fourth-order valence-electron chi connectivity index (χ4n) is 3.95. The van der Waals surface area contributed by atoms with E-state index in [2.05, 4.69) is 33.9 Å². The highest BCUT2D eigenvalue weighted by molar-refractivity contribution is 5.64. The number of aryl methyl sites for hydroxylation is 1. The number of benzene rings is 1. The van der Waals surface area contributed by atoms with Crippen LogP contribution in [-0.2, 0) is 20.1 Å². The first kappa shape index (κ1) is 20.8. The number of rotatable bonds is 5. The van der Waals surface area contributed by atoms with E-state index in [4.69, 9.17) is 4.98 Å². The summed E-state index contributed by atoms with van der Waals surface area (Å²) < 4.78 is 30.7. The van der Waals surface area contributed by atoms with Gasteiger partial charge in [0.25, 0.3) is 0 Å². The van der Waals surface area contributed by atoms with Crippen LogP contribution in [-0.4, -0.2) is 40.2 Å². The number of hydrogen-bond acceptors (Lipinski definition) is 6. The van der Waals surface area contributed by atoms with Gasteiger partial charge < -0.3 is 14.8 Å². The lowest BCUT2D eigenvalue weighted by Crippen LogP contribution is -2.39. The summed E-state index contributed by atoms with van der Waals surface area (Å²) >= 11 is 0. The number of imidazole rings is 1. The third-order valence-electron chi connectivity index (χ3n) is 5.69. The Balaban J connectivity index is 1.40. The lowest BCUT2D eigenvalue weighted by Gasteiger charge is -2.37. The molecule has 0 fully saturated rings. The van der Waals surface area contributed by atoms with E-state index in [-0.39, 0.29) is 6.04 Å². The molecule has 0 saturated heterocycles. The van der Waals surface area contributed by atoms with Crippen molar-refractivity contribution in [2.24, 2.45) is 7.05 Å². The quantitative estimate of drug-likeness (QED) is 0.498. The molecule has 0 radical (unpaired) electrons. The predicted octanol–water partition coefficient (Wildman–Crippen LogP) is 3.97. The van der Waals surface area contributed by atoms with Gasteiger partial charge in [-0.3, -0.25) is 4.68 Å². The zero-order valence-corrected chi connectivity index (χ0v) is 18.2. The number of halogens is 2. The second-order valence-corrected chi connectivity index (χ2v) is 8.00. The number of fused-ring (bicyclic) bond motifs is 1. The van der Waals surface area contributed by atoms with Crippen molar-refractivity contribution < 1.29 is 8.78 Å². The van der Waals surface area contributed by atoms with Gasteiger partial charge in [-0.15, -0.1) is 0 Å². The Morgan fingerprint density at radius 1 is 1.09 bits per heavy atom. The van der Waals surface area contributed by atoms with Crippen LogP contribution in [0.5, 0.6) is 0 Å². The van der Waals surface area contributed by atoms with Gasteiger partial charge in [-0.05, 0) is 30.7 Å². The van der Waals surface area contributed by atoms with Crippen LogP contribution in [0, 0.1) is 11.6 Å². The molecule has 4 heterocycles. The van der Waals surface area contributed by atoms with E-state index >= 15 is 0 Å². The Hall–Kier alpha value is -4.08. The summed E-state index contributed by atoms with van der Waals surface area (Å²) in [6.45, 7) is 7.38. The van der Waals surface area contributed by atoms with Crippen molar-refractivity contribution >= 4 is 17.5 Å². The molecule has 0 amide bonds. The van der Waals surface area contributed by atoms with Crippen molar-refractivity contribution in [2.75, 3.05) is 5.32 Å². The summed E-state index contributed by atoms with van der Waals surface area (Å²) in [4.78, 5) is 15.7. The van der Waals surface area contributed by atoms with Gasteiger partial charge in [0.2, 0.25) is 5.95 Å². The minimum Gasteiger partial charge on any atom is -0.360 e. The normalized spacial score (nSPS) is 15.6.